The molecule has 13 heavy (non-hydrogen) atoms. The third-order valence-corrected chi connectivity index (χ3v) is 3.53. The summed E-state index contributed by atoms with van der Waals surface area (Å²) in [6, 6.07) is 11.2. The van der Waals surface area contributed by atoms with E-state index < -0.39 is 9.04 Å². The van der Waals surface area contributed by atoms with E-state index in [1.54, 1.807) is 0 Å². The lowest BCUT2D eigenvalue weighted by atomic mass is 10.2. The van der Waals surface area contributed by atoms with Gasteiger partial charge in [-0.25, -0.2) is 0 Å². The molecule has 70 valence electrons. The summed E-state index contributed by atoms with van der Waals surface area (Å²) in [7, 11) is -1.50. The normalized spacial score (nSPS) is 13.4. The molecule has 1 aromatic carbocycles. The highest BCUT2D eigenvalue weighted by Crippen LogP contribution is 2.00. The standard InChI is InChI=1S/C11H16OSi/c1-2-13(12)10-6-9-11-7-4-3-5-8-11/h3-8,10,12-13H,2,9H2,1H3. The zero-order valence-electron chi connectivity index (χ0n) is 7.98. The van der Waals surface area contributed by atoms with E-state index in [4.69, 9.17) is 0 Å². The largest absolute Gasteiger partial charge is 0.431 e. The van der Waals surface area contributed by atoms with Crippen molar-refractivity contribution in [2.24, 2.45) is 0 Å². The molecule has 1 rings (SSSR count). The van der Waals surface area contributed by atoms with Crippen LogP contribution in [0.3, 0.4) is 0 Å². The van der Waals surface area contributed by atoms with Crippen molar-refractivity contribution in [3.05, 3.63) is 47.7 Å². The Morgan fingerprint density at radius 3 is 2.62 bits per heavy atom. The van der Waals surface area contributed by atoms with Crippen LogP contribution in [0, 0.1) is 0 Å². The zero-order chi connectivity index (χ0) is 9.52. The second-order valence-corrected chi connectivity index (χ2v) is 5.43. The average Bonchev–Trinajstić information content (AvgIpc) is 2.19. The summed E-state index contributed by atoms with van der Waals surface area (Å²) in [5.41, 5.74) is 3.29. The van der Waals surface area contributed by atoms with E-state index in [2.05, 4.69) is 18.2 Å². The number of benzene rings is 1. The molecule has 0 saturated heterocycles. The van der Waals surface area contributed by atoms with Crippen LogP contribution in [-0.2, 0) is 6.42 Å². The van der Waals surface area contributed by atoms with E-state index in [1.165, 1.54) is 5.56 Å². The predicted molar refractivity (Wildman–Crippen MR) is 59.1 cm³/mol. The first-order valence-electron chi connectivity index (χ1n) is 4.71. The van der Waals surface area contributed by atoms with Crippen LogP contribution in [-0.4, -0.2) is 13.8 Å². The maximum atomic E-state index is 9.39. The Labute approximate surface area is 81.5 Å². The van der Waals surface area contributed by atoms with E-state index in [-0.39, 0.29) is 0 Å². The first-order valence-corrected chi connectivity index (χ1v) is 6.71. The van der Waals surface area contributed by atoms with Crippen LogP contribution >= 0.6 is 0 Å². The molecule has 0 aliphatic rings. The van der Waals surface area contributed by atoms with E-state index in [0.29, 0.717) is 0 Å². The van der Waals surface area contributed by atoms with Crippen LogP contribution in [0.5, 0.6) is 0 Å². The van der Waals surface area contributed by atoms with Crippen molar-refractivity contribution in [3.8, 4) is 0 Å². The monoisotopic (exact) mass is 192 g/mol. The quantitative estimate of drug-likeness (QED) is 0.724. The Morgan fingerprint density at radius 1 is 1.31 bits per heavy atom. The molecule has 0 bridgehead atoms. The van der Waals surface area contributed by atoms with Gasteiger partial charge in [-0.3, -0.25) is 0 Å². The fourth-order valence-corrected chi connectivity index (χ4v) is 1.83. The lowest BCUT2D eigenvalue weighted by molar-refractivity contribution is 0.584. The van der Waals surface area contributed by atoms with Crippen molar-refractivity contribution in [1.82, 2.24) is 0 Å². The summed E-state index contributed by atoms with van der Waals surface area (Å²) in [6.45, 7) is 2.03. The topological polar surface area (TPSA) is 20.2 Å². The lowest BCUT2D eigenvalue weighted by Crippen LogP contribution is -2.04. The molecule has 1 nitrogen and oxygen atoms in total. The molecule has 2 heteroatoms. The summed E-state index contributed by atoms with van der Waals surface area (Å²) in [4.78, 5) is 9.39. The predicted octanol–water partition coefficient (Wildman–Crippen LogP) is 2.06. The first-order chi connectivity index (χ1) is 6.33. The highest BCUT2D eigenvalue weighted by Gasteiger charge is 1.95. The van der Waals surface area contributed by atoms with Crippen molar-refractivity contribution < 1.29 is 4.80 Å². The summed E-state index contributed by atoms with van der Waals surface area (Å²) < 4.78 is 0. The summed E-state index contributed by atoms with van der Waals surface area (Å²) in [6.07, 6.45) is 3.01. The van der Waals surface area contributed by atoms with E-state index in [0.717, 1.165) is 12.5 Å². The Balaban J connectivity index is 2.39. The highest BCUT2D eigenvalue weighted by atomic mass is 28.3. The van der Waals surface area contributed by atoms with Gasteiger partial charge in [-0.15, -0.1) is 0 Å². The number of allylic oxidation sites excluding steroid dienone is 1. The lowest BCUT2D eigenvalue weighted by Gasteiger charge is -1.97. The maximum absolute atomic E-state index is 9.39. The summed E-state index contributed by atoms with van der Waals surface area (Å²) >= 11 is 0. The van der Waals surface area contributed by atoms with Gasteiger partial charge in [-0.05, 0) is 18.0 Å². The Bertz CT molecular complexity index is 256. The SMILES string of the molecule is CC[SiH](O)C=CCc1ccccc1. The number of rotatable bonds is 4. The van der Waals surface area contributed by atoms with Gasteiger partial charge in [0.15, 0.2) is 9.04 Å². The van der Waals surface area contributed by atoms with Crippen LogP contribution in [0.25, 0.3) is 0 Å². The van der Waals surface area contributed by atoms with Gasteiger partial charge in [0.1, 0.15) is 0 Å². The minimum Gasteiger partial charge on any atom is -0.431 e. The van der Waals surface area contributed by atoms with Crippen LogP contribution < -0.4 is 0 Å². The molecule has 0 aliphatic heterocycles. The van der Waals surface area contributed by atoms with Crippen molar-refractivity contribution in [2.45, 2.75) is 19.4 Å². The Kier molecular flexibility index (Phi) is 4.50. The second-order valence-electron chi connectivity index (χ2n) is 3.09. The molecule has 1 N–H and O–H groups in total. The number of hydrogen-bond acceptors (Lipinski definition) is 1. The summed E-state index contributed by atoms with van der Waals surface area (Å²) in [5.74, 6) is 0. The van der Waals surface area contributed by atoms with Crippen molar-refractivity contribution in [3.63, 3.8) is 0 Å². The molecule has 0 aromatic heterocycles. The van der Waals surface area contributed by atoms with E-state index in [9.17, 15) is 4.80 Å². The van der Waals surface area contributed by atoms with Gasteiger partial charge in [0.2, 0.25) is 0 Å². The molecular weight excluding hydrogens is 176 g/mol. The van der Waals surface area contributed by atoms with Crippen molar-refractivity contribution in [2.75, 3.05) is 0 Å². The smallest absolute Gasteiger partial charge is 0.196 e. The molecule has 0 heterocycles. The molecule has 0 radical (unpaired) electrons. The third-order valence-electron chi connectivity index (χ3n) is 1.97. The minimum absolute atomic E-state index is 0.922. The first kappa shape index (κ1) is 10.2. The molecular formula is C11H16OSi. The van der Waals surface area contributed by atoms with Crippen LogP contribution in [0.4, 0.5) is 0 Å². The zero-order valence-corrected chi connectivity index (χ0v) is 9.13. The number of hydrogen-bond donors (Lipinski definition) is 1. The molecule has 1 atom stereocenters. The molecule has 0 fully saturated rings. The van der Waals surface area contributed by atoms with Crippen molar-refractivity contribution >= 4 is 9.04 Å². The van der Waals surface area contributed by atoms with Gasteiger partial charge >= 0.3 is 0 Å². The highest BCUT2D eigenvalue weighted by molar-refractivity contribution is 6.56. The Hall–Kier alpha value is -0.863. The third kappa shape index (κ3) is 4.06. The van der Waals surface area contributed by atoms with Gasteiger partial charge in [0.25, 0.3) is 0 Å². The molecule has 0 saturated carbocycles. The second kappa shape index (κ2) is 5.73. The van der Waals surface area contributed by atoms with E-state index in [1.807, 2.05) is 30.8 Å². The van der Waals surface area contributed by atoms with Gasteiger partial charge < -0.3 is 4.80 Å². The van der Waals surface area contributed by atoms with E-state index >= 15 is 0 Å². The van der Waals surface area contributed by atoms with Crippen LogP contribution in [0.15, 0.2) is 42.1 Å². The van der Waals surface area contributed by atoms with Crippen LogP contribution in [0.2, 0.25) is 6.04 Å². The molecule has 1 unspecified atom stereocenters. The van der Waals surface area contributed by atoms with Gasteiger partial charge in [0.05, 0.1) is 0 Å². The fourth-order valence-electron chi connectivity index (χ4n) is 1.11. The molecule has 1 aromatic rings. The van der Waals surface area contributed by atoms with Gasteiger partial charge in [-0.1, -0.05) is 49.0 Å². The summed E-state index contributed by atoms with van der Waals surface area (Å²) in [5, 5.41) is 0. The van der Waals surface area contributed by atoms with Gasteiger partial charge in [-0.2, -0.15) is 0 Å². The fraction of sp³-hybridized carbons (Fsp3) is 0.273. The van der Waals surface area contributed by atoms with Crippen molar-refractivity contribution in [1.29, 1.82) is 0 Å². The van der Waals surface area contributed by atoms with Crippen LogP contribution in [0.1, 0.15) is 12.5 Å². The Morgan fingerprint density at radius 2 is 2.00 bits per heavy atom. The molecule has 0 spiro atoms. The average molecular weight is 192 g/mol. The maximum Gasteiger partial charge on any atom is 0.196 e. The molecule has 0 aliphatic carbocycles. The van der Waals surface area contributed by atoms with Gasteiger partial charge in [0, 0.05) is 0 Å². The minimum atomic E-state index is -1.50. The molecule has 0 amide bonds.